The number of fused-ring (bicyclic) bond motifs is 1. The lowest BCUT2D eigenvalue weighted by Crippen LogP contribution is -2.28. The van der Waals surface area contributed by atoms with Gasteiger partial charge in [-0.3, -0.25) is 0 Å². The molecule has 1 aromatic heterocycles. The van der Waals surface area contributed by atoms with Crippen molar-refractivity contribution < 1.29 is 19.0 Å². The van der Waals surface area contributed by atoms with Gasteiger partial charge in [0.1, 0.15) is 28.9 Å². The monoisotopic (exact) mass is 446 g/mol. The van der Waals surface area contributed by atoms with Crippen LogP contribution in [0.15, 0.2) is 71.4 Å². The number of nitrogens with zero attached hydrogens (tertiary/aromatic N) is 1. The van der Waals surface area contributed by atoms with E-state index >= 15 is 0 Å². The van der Waals surface area contributed by atoms with Gasteiger partial charge in [0, 0.05) is 16.5 Å². The molecular formula is C25H22N2O4S. The molecule has 2 atom stereocenters. The van der Waals surface area contributed by atoms with Gasteiger partial charge in [0.15, 0.2) is 6.10 Å². The third-order valence-electron chi connectivity index (χ3n) is 5.21. The minimum atomic E-state index is -0.798. The molecule has 32 heavy (non-hydrogen) atoms. The van der Waals surface area contributed by atoms with Crippen LogP contribution in [0.5, 0.6) is 17.2 Å². The van der Waals surface area contributed by atoms with E-state index < -0.39 is 12.1 Å². The van der Waals surface area contributed by atoms with Crippen LogP contribution < -0.4 is 19.9 Å². The highest BCUT2D eigenvalue weighted by Crippen LogP contribution is 2.44. The van der Waals surface area contributed by atoms with E-state index in [1.165, 1.54) is 16.9 Å². The smallest absolute Gasteiger partial charge is 0.352 e. The minimum Gasteiger partial charge on any atom is -0.479 e. The molecule has 0 radical (unpaired) electrons. The fourth-order valence-electron chi connectivity index (χ4n) is 3.50. The van der Waals surface area contributed by atoms with Gasteiger partial charge in [0.25, 0.3) is 0 Å². The average molecular weight is 447 g/mol. The van der Waals surface area contributed by atoms with Crippen molar-refractivity contribution in [2.45, 2.75) is 32.3 Å². The fourth-order valence-corrected chi connectivity index (χ4v) is 4.35. The summed E-state index contributed by atoms with van der Waals surface area (Å²) in [5.74, 6) is 0.561. The second-order valence-electron chi connectivity index (χ2n) is 7.32. The fraction of sp³-hybridized carbons (Fsp3) is 0.200. The van der Waals surface area contributed by atoms with E-state index in [1.54, 1.807) is 25.1 Å². The lowest BCUT2D eigenvalue weighted by Gasteiger charge is -2.25. The summed E-state index contributed by atoms with van der Waals surface area (Å²) in [7, 11) is 0. The summed E-state index contributed by atoms with van der Waals surface area (Å²) in [5, 5.41) is 11.5. The topological polar surface area (TPSA) is 94.6 Å². The zero-order chi connectivity index (χ0) is 22.7. The van der Waals surface area contributed by atoms with Crippen LogP contribution in [0.2, 0.25) is 0 Å². The molecule has 0 bridgehead atoms. The molecule has 3 aromatic rings. The summed E-state index contributed by atoms with van der Waals surface area (Å²) < 4.78 is 16.9. The zero-order valence-corrected chi connectivity index (χ0v) is 18.5. The van der Waals surface area contributed by atoms with E-state index in [0.717, 1.165) is 16.9 Å². The van der Waals surface area contributed by atoms with Crippen LogP contribution in [0.3, 0.4) is 0 Å². The second kappa shape index (κ2) is 9.16. The standard InChI is InChI=1S/C25H22N2O4S/c1-3-16-6-8-17(9-7-16)29-15(2)25(28)30-18-10-11-19-21(13-18)31-24(27)20(14-26)23(19)22-5-4-12-32-22/h4-13,15,23H,3,27H2,1-2H3. The molecule has 2 aromatic carbocycles. The third-order valence-corrected chi connectivity index (χ3v) is 6.15. The number of hydrogen-bond acceptors (Lipinski definition) is 7. The summed E-state index contributed by atoms with van der Waals surface area (Å²) in [6, 6.07) is 18.7. The van der Waals surface area contributed by atoms with Crippen molar-refractivity contribution in [2.24, 2.45) is 5.73 Å². The van der Waals surface area contributed by atoms with Gasteiger partial charge in [-0.1, -0.05) is 31.2 Å². The number of ether oxygens (including phenoxy) is 3. The van der Waals surface area contributed by atoms with Gasteiger partial charge >= 0.3 is 5.97 Å². The Morgan fingerprint density at radius 2 is 1.97 bits per heavy atom. The predicted octanol–water partition coefficient (Wildman–Crippen LogP) is 4.90. The van der Waals surface area contributed by atoms with Gasteiger partial charge < -0.3 is 19.9 Å². The molecule has 4 rings (SSSR count). The van der Waals surface area contributed by atoms with Gasteiger partial charge in [0.2, 0.25) is 5.88 Å². The summed E-state index contributed by atoms with van der Waals surface area (Å²) >= 11 is 1.54. The number of nitriles is 1. The van der Waals surface area contributed by atoms with Gasteiger partial charge in [-0.2, -0.15) is 5.26 Å². The highest BCUT2D eigenvalue weighted by molar-refractivity contribution is 7.10. The predicted molar refractivity (Wildman–Crippen MR) is 122 cm³/mol. The summed E-state index contributed by atoms with van der Waals surface area (Å²) in [5.41, 5.74) is 8.36. The van der Waals surface area contributed by atoms with Gasteiger partial charge in [0.05, 0.1) is 5.92 Å². The first-order valence-electron chi connectivity index (χ1n) is 10.2. The van der Waals surface area contributed by atoms with E-state index in [0.29, 0.717) is 22.8 Å². The molecular weight excluding hydrogens is 424 g/mol. The zero-order valence-electron chi connectivity index (χ0n) is 17.7. The average Bonchev–Trinajstić information content (AvgIpc) is 3.33. The van der Waals surface area contributed by atoms with Crippen LogP contribution in [-0.2, 0) is 11.2 Å². The number of aryl methyl sites for hydroxylation is 1. The van der Waals surface area contributed by atoms with E-state index in [9.17, 15) is 10.1 Å². The number of esters is 1. The Balaban J connectivity index is 1.51. The first-order valence-corrected chi connectivity index (χ1v) is 11.1. The first kappa shape index (κ1) is 21.5. The van der Waals surface area contributed by atoms with Crippen LogP contribution >= 0.6 is 11.3 Å². The highest BCUT2D eigenvalue weighted by atomic mass is 32.1. The van der Waals surface area contributed by atoms with Crippen molar-refractivity contribution in [3.8, 4) is 23.3 Å². The van der Waals surface area contributed by atoms with Crippen molar-refractivity contribution in [1.29, 1.82) is 5.26 Å². The van der Waals surface area contributed by atoms with E-state index in [1.807, 2.05) is 41.8 Å². The van der Waals surface area contributed by atoms with E-state index in [4.69, 9.17) is 19.9 Å². The Morgan fingerprint density at radius 1 is 1.22 bits per heavy atom. The lowest BCUT2D eigenvalue weighted by molar-refractivity contribution is -0.141. The third kappa shape index (κ3) is 4.32. The number of allylic oxidation sites excluding steroid dienone is 1. The number of thiophene rings is 1. The van der Waals surface area contributed by atoms with Gasteiger partial charge in [-0.25, -0.2) is 4.79 Å². The first-order chi connectivity index (χ1) is 15.5. The summed E-state index contributed by atoms with van der Waals surface area (Å²) in [6.45, 7) is 3.71. The molecule has 7 heteroatoms. The Hall–Kier alpha value is -3.76. The molecule has 0 saturated heterocycles. The number of nitrogens with two attached hydrogens (primary N) is 1. The molecule has 1 aliphatic rings. The minimum absolute atomic E-state index is 0.0501. The largest absolute Gasteiger partial charge is 0.479 e. The van der Waals surface area contributed by atoms with E-state index in [-0.39, 0.29) is 11.8 Å². The van der Waals surface area contributed by atoms with Crippen molar-refractivity contribution in [3.63, 3.8) is 0 Å². The van der Waals surface area contributed by atoms with Gasteiger partial charge in [-0.05, 0) is 48.6 Å². The molecule has 0 fully saturated rings. The summed E-state index contributed by atoms with van der Waals surface area (Å²) in [6.07, 6.45) is 0.134. The molecule has 162 valence electrons. The van der Waals surface area contributed by atoms with Crippen molar-refractivity contribution in [3.05, 3.63) is 87.4 Å². The molecule has 2 heterocycles. The normalized spacial score (nSPS) is 15.8. The molecule has 0 aliphatic carbocycles. The number of rotatable bonds is 6. The molecule has 0 amide bonds. The van der Waals surface area contributed by atoms with Crippen LogP contribution in [0, 0.1) is 11.3 Å². The summed E-state index contributed by atoms with van der Waals surface area (Å²) in [4.78, 5) is 13.5. The molecule has 2 N–H and O–H groups in total. The number of carbonyl (C=O) groups excluding carboxylic acids is 1. The quantitative estimate of drug-likeness (QED) is 0.427. The van der Waals surface area contributed by atoms with Crippen LogP contribution in [0.25, 0.3) is 0 Å². The molecule has 6 nitrogen and oxygen atoms in total. The molecule has 0 saturated carbocycles. The Kier molecular flexibility index (Phi) is 6.15. The lowest BCUT2D eigenvalue weighted by atomic mass is 9.88. The maximum atomic E-state index is 12.6. The Morgan fingerprint density at radius 3 is 2.62 bits per heavy atom. The molecule has 1 aliphatic heterocycles. The number of hydrogen-bond donors (Lipinski definition) is 1. The maximum absolute atomic E-state index is 12.6. The number of carbonyl (C=O) groups is 1. The highest BCUT2D eigenvalue weighted by Gasteiger charge is 2.31. The maximum Gasteiger partial charge on any atom is 0.352 e. The second-order valence-corrected chi connectivity index (χ2v) is 8.30. The van der Waals surface area contributed by atoms with Crippen molar-refractivity contribution in [2.75, 3.05) is 0 Å². The SMILES string of the molecule is CCc1ccc(OC(C)C(=O)Oc2ccc3c(c2)OC(N)=C(C#N)C3c2cccs2)cc1. The van der Waals surface area contributed by atoms with Crippen molar-refractivity contribution in [1.82, 2.24) is 0 Å². The van der Waals surface area contributed by atoms with Gasteiger partial charge in [-0.15, -0.1) is 11.3 Å². The van der Waals surface area contributed by atoms with E-state index in [2.05, 4.69) is 13.0 Å². The Labute approximate surface area is 190 Å². The van der Waals surface area contributed by atoms with Crippen LogP contribution in [-0.4, -0.2) is 12.1 Å². The molecule has 2 unspecified atom stereocenters. The van der Waals surface area contributed by atoms with Crippen molar-refractivity contribution >= 4 is 17.3 Å². The molecule has 0 spiro atoms. The number of benzene rings is 2. The Bertz CT molecular complexity index is 1190. The van der Waals surface area contributed by atoms with Crippen LogP contribution in [0.4, 0.5) is 0 Å². The van der Waals surface area contributed by atoms with Crippen LogP contribution in [0.1, 0.15) is 35.8 Å².